The maximum Gasteiger partial charge on any atom is 0.147 e. The predicted molar refractivity (Wildman–Crippen MR) is 90.1 cm³/mol. The Kier molecular flexibility index (Phi) is 5.25. The maximum absolute atomic E-state index is 6.17. The van der Waals surface area contributed by atoms with Crippen molar-refractivity contribution in [1.29, 1.82) is 0 Å². The Morgan fingerprint density at radius 3 is 2.71 bits per heavy atom. The van der Waals surface area contributed by atoms with E-state index in [4.69, 9.17) is 16.3 Å². The highest BCUT2D eigenvalue weighted by molar-refractivity contribution is 9.10. The zero-order chi connectivity index (χ0) is 15.5. The summed E-state index contributed by atoms with van der Waals surface area (Å²) in [6, 6.07) is 7.37. The van der Waals surface area contributed by atoms with Gasteiger partial charge in [-0.15, -0.1) is 0 Å². The zero-order valence-corrected chi connectivity index (χ0v) is 14.6. The van der Waals surface area contributed by atoms with Gasteiger partial charge in [-0.05, 0) is 45.0 Å². The summed E-state index contributed by atoms with van der Waals surface area (Å²) in [5.74, 6) is 1.37. The van der Waals surface area contributed by atoms with Gasteiger partial charge in [0.25, 0.3) is 0 Å². The van der Waals surface area contributed by atoms with Crippen LogP contribution in [-0.2, 0) is 6.54 Å². The van der Waals surface area contributed by atoms with Gasteiger partial charge in [-0.25, -0.2) is 0 Å². The van der Waals surface area contributed by atoms with Crippen LogP contribution in [0.1, 0.15) is 26.3 Å². The lowest BCUT2D eigenvalue weighted by Crippen LogP contribution is -2.35. The fourth-order valence-corrected chi connectivity index (χ4v) is 2.18. The lowest BCUT2D eigenvalue weighted by molar-refractivity contribution is 0.413. The summed E-state index contributed by atoms with van der Waals surface area (Å²) in [6.45, 7) is 7.04. The molecule has 0 aliphatic heterocycles. The van der Waals surface area contributed by atoms with Crippen LogP contribution in [-0.4, -0.2) is 10.5 Å². The summed E-state index contributed by atoms with van der Waals surface area (Å²) in [6.07, 6.45) is 3.52. The van der Waals surface area contributed by atoms with Crippen LogP contribution in [0.3, 0.4) is 0 Å². The van der Waals surface area contributed by atoms with Crippen molar-refractivity contribution in [1.82, 2.24) is 10.3 Å². The third-order valence-electron chi connectivity index (χ3n) is 2.78. The number of nitrogens with zero attached hydrogens (tertiary/aromatic N) is 1. The molecule has 1 aromatic heterocycles. The summed E-state index contributed by atoms with van der Waals surface area (Å²) in [4.78, 5) is 4.17. The first-order valence-corrected chi connectivity index (χ1v) is 7.83. The highest BCUT2D eigenvalue weighted by Crippen LogP contribution is 2.33. The van der Waals surface area contributed by atoms with Crippen LogP contribution >= 0.6 is 27.5 Å². The quantitative estimate of drug-likeness (QED) is 0.806. The minimum atomic E-state index is 0.0283. The van der Waals surface area contributed by atoms with Crippen molar-refractivity contribution >= 4 is 27.5 Å². The predicted octanol–water partition coefficient (Wildman–Crippen LogP) is 5.18. The molecule has 21 heavy (non-hydrogen) atoms. The number of benzene rings is 1. The number of rotatable bonds is 4. The van der Waals surface area contributed by atoms with Gasteiger partial charge >= 0.3 is 0 Å². The number of aromatic nitrogens is 1. The SMILES string of the molecule is CC(C)(C)NCc1cnccc1Oc1cc(Br)ccc1Cl. The van der Waals surface area contributed by atoms with Gasteiger partial charge in [-0.3, -0.25) is 4.98 Å². The molecule has 3 nitrogen and oxygen atoms in total. The number of pyridine rings is 1. The highest BCUT2D eigenvalue weighted by atomic mass is 79.9. The van der Waals surface area contributed by atoms with Crippen LogP contribution in [0.25, 0.3) is 0 Å². The van der Waals surface area contributed by atoms with Crippen LogP contribution in [0, 0.1) is 0 Å². The summed E-state index contributed by atoms with van der Waals surface area (Å²) >= 11 is 9.59. The summed E-state index contributed by atoms with van der Waals surface area (Å²) in [7, 11) is 0. The second kappa shape index (κ2) is 6.77. The van der Waals surface area contributed by atoms with E-state index in [1.54, 1.807) is 18.5 Å². The molecule has 112 valence electrons. The molecule has 2 rings (SSSR count). The van der Waals surface area contributed by atoms with Gasteiger partial charge in [0.05, 0.1) is 5.02 Å². The molecular formula is C16H18BrClN2O. The van der Waals surface area contributed by atoms with E-state index >= 15 is 0 Å². The van der Waals surface area contributed by atoms with E-state index in [0.29, 0.717) is 17.3 Å². The molecule has 2 aromatic rings. The van der Waals surface area contributed by atoms with Gasteiger partial charge in [0.15, 0.2) is 0 Å². The van der Waals surface area contributed by atoms with Crippen molar-refractivity contribution in [3.8, 4) is 11.5 Å². The Morgan fingerprint density at radius 1 is 1.24 bits per heavy atom. The Labute approximate surface area is 138 Å². The molecule has 5 heteroatoms. The molecule has 0 amide bonds. The molecule has 0 saturated heterocycles. The van der Waals surface area contributed by atoms with E-state index in [1.807, 2.05) is 18.2 Å². The Morgan fingerprint density at radius 2 is 2.00 bits per heavy atom. The van der Waals surface area contributed by atoms with Gasteiger partial charge in [0.2, 0.25) is 0 Å². The fourth-order valence-electron chi connectivity index (χ4n) is 1.68. The fraction of sp³-hybridized carbons (Fsp3) is 0.312. The van der Waals surface area contributed by atoms with E-state index in [-0.39, 0.29) is 5.54 Å². The summed E-state index contributed by atoms with van der Waals surface area (Å²) in [5.41, 5.74) is 1.02. The van der Waals surface area contributed by atoms with Crippen LogP contribution < -0.4 is 10.1 Å². The van der Waals surface area contributed by atoms with E-state index in [1.165, 1.54) is 0 Å². The first kappa shape index (κ1) is 16.3. The monoisotopic (exact) mass is 368 g/mol. The largest absolute Gasteiger partial charge is 0.455 e. The first-order chi connectivity index (χ1) is 9.85. The summed E-state index contributed by atoms with van der Waals surface area (Å²) < 4.78 is 6.87. The average Bonchev–Trinajstić information content (AvgIpc) is 2.41. The number of halogens is 2. The molecule has 0 radical (unpaired) electrons. The van der Waals surface area contributed by atoms with Gasteiger partial charge in [-0.1, -0.05) is 27.5 Å². The molecule has 0 aliphatic rings. The molecule has 0 bridgehead atoms. The third-order valence-corrected chi connectivity index (χ3v) is 3.59. The molecule has 1 N–H and O–H groups in total. The molecule has 0 aliphatic carbocycles. The minimum absolute atomic E-state index is 0.0283. The van der Waals surface area contributed by atoms with Gasteiger partial charge in [-0.2, -0.15) is 0 Å². The van der Waals surface area contributed by atoms with Crippen molar-refractivity contribution < 1.29 is 4.74 Å². The molecule has 1 heterocycles. The normalized spacial score (nSPS) is 11.5. The van der Waals surface area contributed by atoms with Crippen molar-refractivity contribution in [2.45, 2.75) is 32.9 Å². The first-order valence-electron chi connectivity index (χ1n) is 6.66. The lowest BCUT2D eigenvalue weighted by atomic mass is 10.1. The molecule has 0 fully saturated rings. The molecule has 0 spiro atoms. The maximum atomic E-state index is 6.17. The van der Waals surface area contributed by atoms with Gasteiger partial charge < -0.3 is 10.1 Å². The number of nitrogens with one attached hydrogen (secondary N) is 1. The van der Waals surface area contributed by atoms with Crippen molar-refractivity contribution in [2.24, 2.45) is 0 Å². The van der Waals surface area contributed by atoms with Crippen LogP contribution in [0.2, 0.25) is 5.02 Å². The number of hydrogen-bond acceptors (Lipinski definition) is 3. The van der Waals surface area contributed by atoms with Crippen molar-refractivity contribution in [3.63, 3.8) is 0 Å². The average molecular weight is 370 g/mol. The Bertz CT molecular complexity index is 626. The Hall–Kier alpha value is -1.10. The van der Waals surface area contributed by atoms with E-state index in [2.05, 4.69) is 47.0 Å². The van der Waals surface area contributed by atoms with Crippen molar-refractivity contribution in [2.75, 3.05) is 0 Å². The van der Waals surface area contributed by atoms with E-state index in [9.17, 15) is 0 Å². The Balaban J connectivity index is 2.22. The second-order valence-corrected chi connectivity index (χ2v) is 7.09. The van der Waals surface area contributed by atoms with E-state index < -0.39 is 0 Å². The summed E-state index contributed by atoms with van der Waals surface area (Å²) in [5, 5.41) is 4.00. The molecule has 0 saturated carbocycles. The third kappa shape index (κ3) is 4.99. The molecule has 0 atom stereocenters. The number of ether oxygens (including phenoxy) is 1. The smallest absolute Gasteiger partial charge is 0.147 e. The topological polar surface area (TPSA) is 34.2 Å². The van der Waals surface area contributed by atoms with Crippen molar-refractivity contribution in [3.05, 3.63) is 51.7 Å². The van der Waals surface area contributed by atoms with Gasteiger partial charge in [0, 0.05) is 34.5 Å². The highest BCUT2D eigenvalue weighted by Gasteiger charge is 2.12. The second-order valence-electron chi connectivity index (χ2n) is 5.76. The van der Waals surface area contributed by atoms with E-state index in [0.717, 1.165) is 15.8 Å². The van der Waals surface area contributed by atoms with Crippen LogP contribution in [0.4, 0.5) is 0 Å². The molecular weight excluding hydrogens is 352 g/mol. The number of hydrogen-bond donors (Lipinski definition) is 1. The zero-order valence-electron chi connectivity index (χ0n) is 12.3. The molecule has 1 aromatic carbocycles. The van der Waals surface area contributed by atoms with Gasteiger partial charge in [0.1, 0.15) is 11.5 Å². The minimum Gasteiger partial charge on any atom is -0.455 e. The molecule has 0 unspecified atom stereocenters. The standard InChI is InChI=1S/C16H18BrClN2O/c1-16(2,3)20-10-11-9-19-7-6-14(11)21-15-8-12(17)4-5-13(15)18/h4-9,20H,10H2,1-3H3. The van der Waals surface area contributed by atoms with Crippen LogP contribution in [0.15, 0.2) is 41.1 Å². The lowest BCUT2D eigenvalue weighted by Gasteiger charge is -2.21. The van der Waals surface area contributed by atoms with Crippen LogP contribution in [0.5, 0.6) is 11.5 Å².